The molecule has 0 bridgehead atoms. The number of hydrogen-bond donors (Lipinski definition) is 1. The minimum absolute atomic E-state index is 0.120. The van der Waals surface area contributed by atoms with E-state index in [1.54, 1.807) is 0 Å². The molecule has 0 saturated heterocycles. The summed E-state index contributed by atoms with van der Waals surface area (Å²) >= 11 is 0. The predicted molar refractivity (Wildman–Crippen MR) is 67.6 cm³/mol. The molecule has 0 heterocycles. The van der Waals surface area contributed by atoms with Crippen LogP contribution in [-0.4, -0.2) is 12.1 Å². The van der Waals surface area contributed by atoms with Gasteiger partial charge in [-0.3, -0.25) is 0 Å². The molecule has 1 saturated carbocycles. The summed E-state index contributed by atoms with van der Waals surface area (Å²) in [4.78, 5) is 12.0. The zero-order valence-corrected chi connectivity index (χ0v) is 10.5. The van der Waals surface area contributed by atoms with E-state index in [2.05, 4.69) is 6.92 Å². The number of esters is 1. The standard InChI is InChI=1S/C14H18FNO2/c1-9-5-2-3-8-12(9)18-14(17)13-10(15)6-4-7-11(13)16/h4,6-7,9,12H,2-3,5,8,16H2,1H3. The number of rotatable bonds is 2. The van der Waals surface area contributed by atoms with E-state index in [1.165, 1.54) is 18.2 Å². The molecule has 0 aliphatic heterocycles. The number of anilines is 1. The average Bonchev–Trinajstić information content (AvgIpc) is 2.32. The molecular formula is C14H18FNO2. The Kier molecular flexibility index (Phi) is 3.84. The van der Waals surface area contributed by atoms with Gasteiger partial charge in [-0.1, -0.05) is 19.4 Å². The van der Waals surface area contributed by atoms with Crippen LogP contribution in [-0.2, 0) is 4.74 Å². The summed E-state index contributed by atoms with van der Waals surface area (Å²) in [7, 11) is 0. The van der Waals surface area contributed by atoms with Crippen molar-refractivity contribution in [2.45, 2.75) is 38.7 Å². The van der Waals surface area contributed by atoms with Crippen LogP contribution in [0.25, 0.3) is 0 Å². The number of hydrogen-bond acceptors (Lipinski definition) is 3. The van der Waals surface area contributed by atoms with Crippen molar-refractivity contribution in [2.75, 3.05) is 5.73 Å². The van der Waals surface area contributed by atoms with Crippen LogP contribution >= 0.6 is 0 Å². The topological polar surface area (TPSA) is 52.3 Å². The Hall–Kier alpha value is -1.58. The number of nitrogen functional groups attached to an aromatic ring is 1. The number of halogens is 1. The van der Waals surface area contributed by atoms with E-state index < -0.39 is 11.8 Å². The maximum absolute atomic E-state index is 13.6. The quantitative estimate of drug-likeness (QED) is 0.649. The minimum Gasteiger partial charge on any atom is -0.458 e. The largest absolute Gasteiger partial charge is 0.458 e. The molecule has 0 radical (unpaired) electrons. The van der Waals surface area contributed by atoms with Crippen LogP contribution in [0.15, 0.2) is 18.2 Å². The van der Waals surface area contributed by atoms with Gasteiger partial charge >= 0.3 is 5.97 Å². The first kappa shape index (κ1) is 12.9. The predicted octanol–water partition coefficient (Wildman–Crippen LogP) is 3.14. The van der Waals surface area contributed by atoms with E-state index in [9.17, 15) is 9.18 Å². The van der Waals surface area contributed by atoms with Gasteiger partial charge in [-0.2, -0.15) is 0 Å². The highest BCUT2D eigenvalue weighted by atomic mass is 19.1. The second-order valence-electron chi connectivity index (χ2n) is 4.91. The SMILES string of the molecule is CC1CCCCC1OC(=O)c1c(N)cccc1F. The van der Waals surface area contributed by atoms with Crippen molar-refractivity contribution in [2.24, 2.45) is 5.92 Å². The van der Waals surface area contributed by atoms with Gasteiger partial charge in [-0.05, 0) is 37.3 Å². The molecule has 1 aliphatic carbocycles. The van der Waals surface area contributed by atoms with E-state index in [4.69, 9.17) is 10.5 Å². The molecule has 1 fully saturated rings. The van der Waals surface area contributed by atoms with Gasteiger partial charge in [-0.25, -0.2) is 9.18 Å². The number of carbonyl (C=O) groups is 1. The lowest BCUT2D eigenvalue weighted by Crippen LogP contribution is -2.28. The molecule has 2 unspecified atom stereocenters. The monoisotopic (exact) mass is 251 g/mol. The first-order chi connectivity index (χ1) is 8.59. The van der Waals surface area contributed by atoms with Crippen LogP contribution in [0.4, 0.5) is 10.1 Å². The Bertz CT molecular complexity index is 427. The molecule has 0 aromatic heterocycles. The maximum atomic E-state index is 13.6. The van der Waals surface area contributed by atoms with Crippen LogP contribution in [0.3, 0.4) is 0 Å². The third-order valence-electron chi connectivity index (χ3n) is 3.54. The number of ether oxygens (including phenoxy) is 1. The number of nitrogens with two attached hydrogens (primary N) is 1. The molecule has 2 N–H and O–H groups in total. The summed E-state index contributed by atoms with van der Waals surface area (Å²) in [6.45, 7) is 2.06. The normalized spacial score (nSPS) is 23.7. The van der Waals surface area contributed by atoms with Crippen LogP contribution < -0.4 is 5.73 Å². The third kappa shape index (κ3) is 2.63. The van der Waals surface area contributed by atoms with Crippen molar-refractivity contribution in [3.63, 3.8) is 0 Å². The van der Waals surface area contributed by atoms with Gasteiger partial charge in [0.25, 0.3) is 0 Å². The molecule has 4 heteroatoms. The third-order valence-corrected chi connectivity index (χ3v) is 3.54. The first-order valence-electron chi connectivity index (χ1n) is 6.34. The van der Waals surface area contributed by atoms with E-state index in [0.717, 1.165) is 25.7 Å². The molecule has 1 aromatic rings. The molecule has 1 aromatic carbocycles. The Balaban J connectivity index is 2.12. The zero-order valence-electron chi connectivity index (χ0n) is 10.5. The molecule has 2 rings (SSSR count). The molecule has 0 spiro atoms. The lowest BCUT2D eigenvalue weighted by atomic mass is 9.88. The van der Waals surface area contributed by atoms with Gasteiger partial charge in [0.1, 0.15) is 17.5 Å². The van der Waals surface area contributed by atoms with Gasteiger partial charge in [-0.15, -0.1) is 0 Å². The summed E-state index contributed by atoms with van der Waals surface area (Å²) in [5.41, 5.74) is 5.61. The zero-order chi connectivity index (χ0) is 13.1. The molecule has 18 heavy (non-hydrogen) atoms. The Morgan fingerprint density at radius 3 is 2.78 bits per heavy atom. The fourth-order valence-corrected chi connectivity index (χ4v) is 2.41. The van der Waals surface area contributed by atoms with Gasteiger partial charge in [0.15, 0.2) is 0 Å². The molecule has 98 valence electrons. The summed E-state index contributed by atoms with van der Waals surface area (Å²) in [6, 6.07) is 4.20. The van der Waals surface area contributed by atoms with E-state index >= 15 is 0 Å². The maximum Gasteiger partial charge on any atom is 0.343 e. The highest BCUT2D eigenvalue weighted by molar-refractivity contribution is 5.95. The van der Waals surface area contributed by atoms with Gasteiger partial charge < -0.3 is 10.5 Å². The van der Waals surface area contributed by atoms with Gasteiger partial charge in [0, 0.05) is 5.69 Å². The Labute approximate surface area is 106 Å². The molecule has 3 nitrogen and oxygen atoms in total. The van der Waals surface area contributed by atoms with Crippen LogP contribution in [0, 0.1) is 11.7 Å². The number of benzene rings is 1. The molecule has 1 aliphatic rings. The summed E-state index contributed by atoms with van der Waals surface area (Å²) in [5, 5.41) is 0. The number of carbonyl (C=O) groups excluding carboxylic acids is 1. The fraction of sp³-hybridized carbons (Fsp3) is 0.500. The van der Waals surface area contributed by atoms with Crippen LogP contribution in [0.5, 0.6) is 0 Å². The fourth-order valence-electron chi connectivity index (χ4n) is 2.41. The van der Waals surface area contributed by atoms with Gasteiger partial charge in [0.2, 0.25) is 0 Å². The molecule has 2 atom stereocenters. The average molecular weight is 251 g/mol. The smallest absolute Gasteiger partial charge is 0.343 e. The highest BCUT2D eigenvalue weighted by Gasteiger charge is 2.27. The van der Waals surface area contributed by atoms with Crippen molar-refractivity contribution in [1.29, 1.82) is 0 Å². The van der Waals surface area contributed by atoms with Crippen LogP contribution in [0.1, 0.15) is 43.0 Å². The van der Waals surface area contributed by atoms with E-state index in [1.807, 2.05) is 0 Å². The van der Waals surface area contributed by atoms with E-state index in [-0.39, 0.29) is 17.4 Å². The van der Waals surface area contributed by atoms with E-state index in [0.29, 0.717) is 5.92 Å². The van der Waals surface area contributed by atoms with Crippen molar-refractivity contribution in [3.8, 4) is 0 Å². The van der Waals surface area contributed by atoms with Crippen molar-refractivity contribution in [3.05, 3.63) is 29.6 Å². The molecular weight excluding hydrogens is 233 g/mol. The second kappa shape index (κ2) is 5.38. The van der Waals surface area contributed by atoms with Crippen molar-refractivity contribution >= 4 is 11.7 Å². The lowest BCUT2D eigenvalue weighted by Gasteiger charge is -2.28. The van der Waals surface area contributed by atoms with Crippen LogP contribution in [0.2, 0.25) is 0 Å². The molecule has 0 amide bonds. The van der Waals surface area contributed by atoms with Crippen molar-refractivity contribution < 1.29 is 13.9 Å². The first-order valence-corrected chi connectivity index (χ1v) is 6.34. The van der Waals surface area contributed by atoms with Crippen molar-refractivity contribution in [1.82, 2.24) is 0 Å². The summed E-state index contributed by atoms with van der Waals surface area (Å²) in [6.07, 6.45) is 3.99. The summed E-state index contributed by atoms with van der Waals surface area (Å²) in [5.74, 6) is -0.941. The highest BCUT2D eigenvalue weighted by Crippen LogP contribution is 2.28. The van der Waals surface area contributed by atoms with Gasteiger partial charge in [0.05, 0.1) is 0 Å². The Morgan fingerprint density at radius 2 is 2.11 bits per heavy atom. The summed E-state index contributed by atoms with van der Waals surface area (Å²) < 4.78 is 19.0. The Morgan fingerprint density at radius 1 is 1.39 bits per heavy atom. The second-order valence-corrected chi connectivity index (χ2v) is 4.91. The minimum atomic E-state index is -0.649. The lowest BCUT2D eigenvalue weighted by molar-refractivity contribution is 0.00449.